The van der Waals surface area contributed by atoms with Gasteiger partial charge in [-0.1, -0.05) is 45.0 Å². The van der Waals surface area contributed by atoms with Crippen molar-refractivity contribution in [2.24, 2.45) is 17.7 Å². The summed E-state index contributed by atoms with van der Waals surface area (Å²) in [6.45, 7) is 6.75. The minimum atomic E-state index is 0.295. The molecule has 1 aromatic carbocycles. The van der Waals surface area contributed by atoms with E-state index in [4.69, 9.17) is 5.84 Å². The highest BCUT2D eigenvalue weighted by Gasteiger charge is 2.33. The molecule has 2 heteroatoms. The normalized spacial score (nSPS) is 19.4. The van der Waals surface area contributed by atoms with E-state index in [0.717, 1.165) is 5.92 Å². The van der Waals surface area contributed by atoms with E-state index in [9.17, 15) is 0 Å². The summed E-state index contributed by atoms with van der Waals surface area (Å²) in [5.74, 6) is 7.80. The minimum absolute atomic E-state index is 0.295. The van der Waals surface area contributed by atoms with Crippen LogP contribution in [0.5, 0.6) is 0 Å². The third-order valence-corrected chi connectivity index (χ3v) is 4.03. The molecule has 2 nitrogen and oxygen atoms in total. The van der Waals surface area contributed by atoms with Gasteiger partial charge < -0.3 is 0 Å². The molecule has 0 amide bonds. The number of hydrazine groups is 1. The standard InChI is InChI=1S/C15H24N2/c1-10(2)12-4-8-14(9-5-12)15(17-16)11(3)13-6-7-13/h4-5,8-11,13,15,17H,6-7,16H2,1-3H3. The van der Waals surface area contributed by atoms with Gasteiger partial charge in [0.15, 0.2) is 0 Å². The Labute approximate surface area is 105 Å². The molecule has 3 N–H and O–H groups in total. The lowest BCUT2D eigenvalue weighted by Gasteiger charge is -2.24. The summed E-state index contributed by atoms with van der Waals surface area (Å²) in [6.07, 6.45) is 2.73. The molecule has 0 heterocycles. The van der Waals surface area contributed by atoms with Crippen molar-refractivity contribution in [2.75, 3.05) is 0 Å². The van der Waals surface area contributed by atoms with Crippen LogP contribution in [0.4, 0.5) is 0 Å². The number of hydrogen-bond acceptors (Lipinski definition) is 2. The molecular formula is C15H24N2. The third kappa shape index (κ3) is 2.88. The Bertz CT molecular complexity index is 352. The largest absolute Gasteiger partial charge is 0.271 e. The Morgan fingerprint density at radius 3 is 2.00 bits per heavy atom. The Kier molecular flexibility index (Phi) is 3.85. The maximum absolute atomic E-state index is 5.72. The van der Waals surface area contributed by atoms with Crippen LogP contribution in [-0.4, -0.2) is 0 Å². The summed E-state index contributed by atoms with van der Waals surface area (Å²) in [4.78, 5) is 0. The lowest BCUT2D eigenvalue weighted by molar-refractivity contribution is 0.354. The minimum Gasteiger partial charge on any atom is -0.271 e. The molecule has 1 aliphatic carbocycles. The van der Waals surface area contributed by atoms with Crippen LogP contribution < -0.4 is 11.3 Å². The SMILES string of the molecule is CC(C)c1ccc(C(NN)C(C)C2CC2)cc1. The molecule has 94 valence electrons. The monoisotopic (exact) mass is 232 g/mol. The van der Waals surface area contributed by atoms with Gasteiger partial charge in [-0.2, -0.15) is 0 Å². The maximum Gasteiger partial charge on any atom is 0.0488 e. The molecule has 1 aliphatic rings. The van der Waals surface area contributed by atoms with Gasteiger partial charge in [0, 0.05) is 6.04 Å². The molecule has 17 heavy (non-hydrogen) atoms. The van der Waals surface area contributed by atoms with E-state index in [2.05, 4.69) is 50.5 Å². The highest BCUT2D eigenvalue weighted by atomic mass is 15.2. The second-order valence-electron chi connectivity index (χ2n) is 5.66. The molecule has 2 atom stereocenters. The molecule has 0 aliphatic heterocycles. The van der Waals surface area contributed by atoms with Gasteiger partial charge in [-0.15, -0.1) is 0 Å². The van der Waals surface area contributed by atoms with Crippen molar-refractivity contribution in [3.05, 3.63) is 35.4 Å². The molecule has 1 aromatic rings. The predicted octanol–water partition coefficient (Wildman–Crippen LogP) is 3.36. The lowest BCUT2D eigenvalue weighted by Crippen LogP contribution is -2.33. The van der Waals surface area contributed by atoms with Crippen LogP contribution in [0.2, 0.25) is 0 Å². The van der Waals surface area contributed by atoms with Gasteiger partial charge in [0.1, 0.15) is 0 Å². The first-order chi connectivity index (χ1) is 8.13. The molecule has 1 saturated carbocycles. The number of benzene rings is 1. The third-order valence-electron chi connectivity index (χ3n) is 4.03. The highest BCUT2D eigenvalue weighted by Crippen LogP contribution is 2.42. The zero-order chi connectivity index (χ0) is 12.4. The van der Waals surface area contributed by atoms with Gasteiger partial charge >= 0.3 is 0 Å². The zero-order valence-electron chi connectivity index (χ0n) is 11.1. The van der Waals surface area contributed by atoms with E-state index in [1.165, 1.54) is 24.0 Å². The summed E-state index contributed by atoms with van der Waals surface area (Å²) in [5, 5.41) is 0. The average molecular weight is 232 g/mol. The van der Waals surface area contributed by atoms with Crippen LogP contribution in [0.15, 0.2) is 24.3 Å². The van der Waals surface area contributed by atoms with Crippen molar-refractivity contribution in [1.29, 1.82) is 0 Å². The molecular weight excluding hydrogens is 208 g/mol. The van der Waals surface area contributed by atoms with Crippen LogP contribution in [-0.2, 0) is 0 Å². The first kappa shape index (κ1) is 12.6. The molecule has 0 aromatic heterocycles. The van der Waals surface area contributed by atoms with Crippen molar-refractivity contribution in [2.45, 2.75) is 45.6 Å². The van der Waals surface area contributed by atoms with Gasteiger partial charge in [-0.25, -0.2) is 0 Å². The zero-order valence-corrected chi connectivity index (χ0v) is 11.1. The Morgan fingerprint density at radius 1 is 1.06 bits per heavy atom. The van der Waals surface area contributed by atoms with Crippen LogP contribution in [0.1, 0.15) is 56.7 Å². The first-order valence-electron chi connectivity index (χ1n) is 6.69. The van der Waals surface area contributed by atoms with Crippen LogP contribution in [0.3, 0.4) is 0 Å². The molecule has 1 fully saturated rings. The quantitative estimate of drug-likeness (QED) is 0.603. The van der Waals surface area contributed by atoms with Crippen molar-refractivity contribution in [1.82, 2.24) is 5.43 Å². The average Bonchev–Trinajstić information content (AvgIpc) is 3.14. The van der Waals surface area contributed by atoms with E-state index in [1.807, 2.05) is 0 Å². The second-order valence-corrected chi connectivity index (χ2v) is 5.66. The summed E-state index contributed by atoms with van der Waals surface area (Å²) in [6, 6.07) is 9.19. The second kappa shape index (κ2) is 5.19. The summed E-state index contributed by atoms with van der Waals surface area (Å²) >= 11 is 0. The van der Waals surface area contributed by atoms with Crippen LogP contribution in [0.25, 0.3) is 0 Å². The van der Waals surface area contributed by atoms with Gasteiger partial charge in [0.2, 0.25) is 0 Å². The van der Waals surface area contributed by atoms with E-state index in [1.54, 1.807) is 0 Å². The molecule has 0 spiro atoms. The summed E-state index contributed by atoms with van der Waals surface area (Å²) in [5.41, 5.74) is 5.70. The molecule has 0 saturated heterocycles. The number of hydrogen-bond donors (Lipinski definition) is 2. The van der Waals surface area contributed by atoms with E-state index in [0.29, 0.717) is 17.9 Å². The highest BCUT2D eigenvalue weighted by molar-refractivity contribution is 5.27. The topological polar surface area (TPSA) is 38.0 Å². The fraction of sp³-hybridized carbons (Fsp3) is 0.600. The van der Waals surface area contributed by atoms with Crippen molar-refractivity contribution >= 4 is 0 Å². The number of nitrogens with one attached hydrogen (secondary N) is 1. The van der Waals surface area contributed by atoms with Gasteiger partial charge in [0.05, 0.1) is 0 Å². The van der Waals surface area contributed by atoms with Gasteiger partial charge in [-0.3, -0.25) is 11.3 Å². The van der Waals surface area contributed by atoms with E-state index < -0.39 is 0 Å². The Balaban J connectivity index is 2.13. The molecule has 0 bridgehead atoms. The fourth-order valence-electron chi connectivity index (χ4n) is 2.53. The molecule has 2 unspecified atom stereocenters. The smallest absolute Gasteiger partial charge is 0.0488 e. The fourth-order valence-corrected chi connectivity index (χ4v) is 2.53. The van der Waals surface area contributed by atoms with E-state index >= 15 is 0 Å². The van der Waals surface area contributed by atoms with Crippen molar-refractivity contribution in [3.63, 3.8) is 0 Å². The number of rotatable bonds is 5. The lowest BCUT2D eigenvalue weighted by atomic mass is 9.90. The van der Waals surface area contributed by atoms with Crippen molar-refractivity contribution in [3.8, 4) is 0 Å². The Morgan fingerprint density at radius 2 is 1.59 bits per heavy atom. The molecule has 2 rings (SSSR count). The first-order valence-corrected chi connectivity index (χ1v) is 6.69. The van der Waals surface area contributed by atoms with Crippen molar-refractivity contribution < 1.29 is 0 Å². The molecule has 0 radical (unpaired) electrons. The summed E-state index contributed by atoms with van der Waals surface area (Å²) in [7, 11) is 0. The van der Waals surface area contributed by atoms with E-state index in [-0.39, 0.29) is 0 Å². The Hall–Kier alpha value is -0.860. The summed E-state index contributed by atoms with van der Waals surface area (Å²) < 4.78 is 0. The van der Waals surface area contributed by atoms with Gasteiger partial charge in [-0.05, 0) is 41.7 Å². The predicted molar refractivity (Wildman–Crippen MR) is 72.5 cm³/mol. The maximum atomic E-state index is 5.72. The van der Waals surface area contributed by atoms with Crippen LogP contribution in [0, 0.1) is 11.8 Å². The van der Waals surface area contributed by atoms with Gasteiger partial charge in [0.25, 0.3) is 0 Å². The number of nitrogens with two attached hydrogens (primary N) is 1. The van der Waals surface area contributed by atoms with Crippen LogP contribution >= 0.6 is 0 Å².